The largest absolute Gasteiger partial charge is 0.343 e. The molecule has 7 heteroatoms. The number of hydrogen-bond donors (Lipinski definition) is 2. The molecule has 1 aromatic heterocycles. The summed E-state index contributed by atoms with van der Waals surface area (Å²) in [6.07, 6.45) is 0. The van der Waals surface area contributed by atoms with Crippen molar-refractivity contribution in [2.75, 3.05) is 7.05 Å². The van der Waals surface area contributed by atoms with Gasteiger partial charge in [-0.15, -0.1) is 5.10 Å². The lowest BCUT2D eigenvalue weighted by Crippen LogP contribution is -2.16. The normalized spacial score (nSPS) is 10.9. The van der Waals surface area contributed by atoms with Gasteiger partial charge in [0.15, 0.2) is 5.16 Å². The number of H-pyrrole nitrogens is 1. The van der Waals surface area contributed by atoms with Crippen LogP contribution in [-0.4, -0.2) is 21.8 Å². The first-order chi connectivity index (χ1) is 9.17. The second-order valence-corrected chi connectivity index (χ2v) is 4.89. The van der Waals surface area contributed by atoms with E-state index in [2.05, 4.69) is 15.5 Å². The van der Waals surface area contributed by atoms with Crippen molar-refractivity contribution in [2.24, 2.45) is 0 Å². The molecule has 0 aliphatic carbocycles. The van der Waals surface area contributed by atoms with Gasteiger partial charge in [0.1, 0.15) is 5.82 Å². The molecule has 0 spiro atoms. The number of benzene rings is 1. The molecule has 102 valence electrons. The van der Waals surface area contributed by atoms with Gasteiger partial charge in [-0.3, -0.25) is 4.57 Å². The number of aromatic amines is 1. The third-order valence-electron chi connectivity index (χ3n) is 2.65. The van der Waals surface area contributed by atoms with Crippen LogP contribution in [0.3, 0.4) is 0 Å². The van der Waals surface area contributed by atoms with Gasteiger partial charge in [0.2, 0.25) is 0 Å². The van der Waals surface area contributed by atoms with Gasteiger partial charge in [0.05, 0.1) is 4.90 Å². The van der Waals surface area contributed by atoms with Crippen molar-refractivity contribution in [2.45, 2.75) is 30.1 Å². The van der Waals surface area contributed by atoms with E-state index >= 15 is 0 Å². The molecule has 2 N–H and O–H groups in total. The van der Waals surface area contributed by atoms with Crippen molar-refractivity contribution < 1.29 is 4.39 Å². The summed E-state index contributed by atoms with van der Waals surface area (Å²) in [5.74, 6) is -0.309. The lowest BCUT2D eigenvalue weighted by Gasteiger charge is -2.09. The van der Waals surface area contributed by atoms with Gasteiger partial charge in [-0.2, -0.15) is 0 Å². The summed E-state index contributed by atoms with van der Waals surface area (Å²) >= 11 is 1.16. The van der Waals surface area contributed by atoms with Gasteiger partial charge in [0, 0.05) is 13.1 Å². The van der Waals surface area contributed by atoms with E-state index < -0.39 is 0 Å². The zero-order valence-electron chi connectivity index (χ0n) is 10.7. The third kappa shape index (κ3) is 2.87. The van der Waals surface area contributed by atoms with E-state index in [0.717, 1.165) is 17.3 Å². The van der Waals surface area contributed by atoms with Gasteiger partial charge < -0.3 is 5.32 Å². The van der Waals surface area contributed by atoms with Crippen molar-refractivity contribution in [1.29, 1.82) is 0 Å². The van der Waals surface area contributed by atoms with Crippen molar-refractivity contribution in [3.05, 3.63) is 40.1 Å². The van der Waals surface area contributed by atoms with Crippen LogP contribution in [-0.2, 0) is 13.1 Å². The Bertz CT molecular complexity index is 622. The predicted molar refractivity (Wildman–Crippen MR) is 71.8 cm³/mol. The van der Waals surface area contributed by atoms with Crippen LogP contribution in [0, 0.1) is 5.82 Å². The summed E-state index contributed by atoms with van der Waals surface area (Å²) in [6, 6.07) is 4.93. The third-order valence-corrected chi connectivity index (χ3v) is 3.80. The molecule has 0 amide bonds. The highest BCUT2D eigenvalue weighted by Gasteiger charge is 2.14. The quantitative estimate of drug-likeness (QED) is 0.874. The molecule has 5 nitrogen and oxygen atoms in total. The molecule has 19 heavy (non-hydrogen) atoms. The van der Waals surface area contributed by atoms with E-state index in [1.54, 1.807) is 13.1 Å². The number of aromatic nitrogens is 3. The molecule has 2 aromatic rings. The van der Waals surface area contributed by atoms with Crippen LogP contribution < -0.4 is 11.0 Å². The Labute approximate surface area is 114 Å². The zero-order chi connectivity index (χ0) is 13.8. The Morgan fingerprint density at radius 3 is 3.00 bits per heavy atom. The molecular formula is C12H15FN4OS. The fourth-order valence-corrected chi connectivity index (χ4v) is 2.78. The maximum absolute atomic E-state index is 13.9. The molecule has 0 aliphatic rings. The van der Waals surface area contributed by atoms with Crippen molar-refractivity contribution in [3.8, 4) is 0 Å². The van der Waals surface area contributed by atoms with Gasteiger partial charge in [-0.05, 0) is 37.4 Å². The van der Waals surface area contributed by atoms with Crippen molar-refractivity contribution in [1.82, 2.24) is 20.1 Å². The first-order valence-corrected chi connectivity index (χ1v) is 6.74. The fourth-order valence-electron chi connectivity index (χ4n) is 1.75. The molecule has 0 aliphatic heterocycles. The minimum absolute atomic E-state index is 0.281. The Kier molecular flexibility index (Phi) is 4.39. The van der Waals surface area contributed by atoms with E-state index in [0.29, 0.717) is 23.1 Å². The molecule has 2 rings (SSSR count). The summed E-state index contributed by atoms with van der Waals surface area (Å²) in [5, 5.41) is 9.77. The smallest absolute Gasteiger partial charge is 0.316 e. The van der Waals surface area contributed by atoms with Crippen LogP contribution in [0.4, 0.5) is 4.39 Å². The summed E-state index contributed by atoms with van der Waals surface area (Å²) < 4.78 is 15.4. The average Bonchev–Trinajstić information content (AvgIpc) is 2.74. The zero-order valence-corrected chi connectivity index (χ0v) is 11.6. The maximum atomic E-state index is 13.9. The minimum Gasteiger partial charge on any atom is -0.316 e. The standard InChI is InChI=1S/C12H15FN4OS/c1-3-17-11(18)15-16-12(17)19-10-8(7-14-2)5-4-6-9(10)13/h4-6,14H,3,7H2,1-2H3,(H,15,18). The number of nitrogens with one attached hydrogen (secondary N) is 2. The van der Waals surface area contributed by atoms with E-state index in [9.17, 15) is 9.18 Å². The van der Waals surface area contributed by atoms with Crippen molar-refractivity contribution in [3.63, 3.8) is 0 Å². The number of rotatable bonds is 5. The monoisotopic (exact) mass is 282 g/mol. The highest BCUT2D eigenvalue weighted by atomic mass is 32.2. The van der Waals surface area contributed by atoms with Crippen molar-refractivity contribution >= 4 is 11.8 Å². The first-order valence-electron chi connectivity index (χ1n) is 5.92. The minimum atomic E-state index is -0.309. The van der Waals surface area contributed by atoms with Crippen LogP contribution in [0.15, 0.2) is 33.0 Å². The van der Waals surface area contributed by atoms with Crippen LogP contribution in [0.25, 0.3) is 0 Å². The average molecular weight is 282 g/mol. The van der Waals surface area contributed by atoms with E-state index in [4.69, 9.17) is 0 Å². The highest BCUT2D eigenvalue weighted by molar-refractivity contribution is 7.99. The number of nitrogens with zero attached hydrogens (tertiary/aromatic N) is 2. The maximum Gasteiger partial charge on any atom is 0.343 e. The molecule has 0 bridgehead atoms. The Hall–Kier alpha value is -1.60. The van der Waals surface area contributed by atoms with Crippen LogP contribution in [0.5, 0.6) is 0 Å². The molecule has 0 radical (unpaired) electrons. The second kappa shape index (κ2) is 6.03. The Morgan fingerprint density at radius 2 is 2.32 bits per heavy atom. The van der Waals surface area contributed by atoms with E-state index in [-0.39, 0.29) is 11.5 Å². The highest BCUT2D eigenvalue weighted by Crippen LogP contribution is 2.30. The van der Waals surface area contributed by atoms with E-state index in [1.807, 2.05) is 13.0 Å². The molecule has 1 heterocycles. The SMILES string of the molecule is CCn1c(Sc2c(F)cccc2CNC)n[nH]c1=O. The van der Waals surface area contributed by atoms with Gasteiger partial charge in [0.25, 0.3) is 0 Å². The summed E-state index contributed by atoms with van der Waals surface area (Å²) in [7, 11) is 1.80. The molecule has 0 saturated carbocycles. The summed E-state index contributed by atoms with van der Waals surface area (Å²) in [4.78, 5) is 12.0. The lowest BCUT2D eigenvalue weighted by molar-refractivity contribution is 0.592. The van der Waals surface area contributed by atoms with Gasteiger partial charge in [-0.1, -0.05) is 12.1 Å². The number of hydrogen-bond acceptors (Lipinski definition) is 4. The molecule has 0 saturated heterocycles. The predicted octanol–water partition coefficient (Wildman–Crippen LogP) is 1.60. The molecule has 1 aromatic carbocycles. The second-order valence-electron chi connectivity index (χ2n) is 3.92. The van der Waals surface area contributed by atoms with Crippen LogP contribution >= 0.6 is 11.8 Å². The fraction of sp³-hybridized carbons (Fsp3) is 0.333. The van der Waals surface area contributed by atoms with Gasteiger partial charge in [-0.25, -0.2) is 14.3 Å². The molecule has 0 atom stereocenters. The first kappa shape index (κ1) is 13.8. The summed E-state index contributed by atoms with van der Waals surface area (Å²) in [6.45, 7) is 2.89. The molecular weight excluding hydrogens is 267 g/mol. The number of halogens is 1. The topological polar surface area (TPSA) is 62.7 Å². The van der Waals surface area contributed by atoms with Crippen LogP contribution in [0.1, 0.15) is 12.5 Å². The Balaban J connectivity index is 2.39. The Morgan fingerprint density at radius 1 is 1.53 bits per heavy atom. The molecule has 0 fully saturated rings. The van der Waals surface area contributed by atoms with Gasteiger partial charge >= 0.3 is 5.69 Å². The molecule has 0 unspecified atom stereocenters. The van der Waals surface area contributed by atoms with E-state index in [1.165, 1.54) is 10.6 Å². The lowest BCUT2D eigenvalue weighted by atomic mass is 10.2. The van der Waals surface area contributed by atoms with Crippen LogP contribution in [0.2, 0.25) is 0 Å². The summed E-state index contributed by atoms with van der Waals surface area (Å²) in [5.41, 5.74) is 0.558.